The number of methoxy groups -OCH3 is 1. The Labute approximate surface area is 118 Å². The van der Waals surface area contributed by atoms with Gasteiger partial charge in [-0.05, 0) is 53.0 Å². The molecule has 102 valence electrons. The fraction of sp³-hybridized carbons (Fsp3) is 0.571. The van der Waals surface area contributed by atoms with Gasteiger partial charge in [0.2, 0.25) is 0 Å². The van der Waals surface area contributed by atoms with Crippen LogP contribution in [0.4, 0.5) is 0 Å². The molecule has 1 N–H and O–H groups in total. The minimum atomic E-state index is 0.670. The zero-order valence-electron chi connectivity index (χ0n) is 11.3. The second-order valence-electron chi connectivity index (χ2n) is 4.58. The Morgan fingerprint density at radius 1 is 1.28 bits per heavy atom. The highest BCUT2D eigenvalue weighted by atomic mass is 79.9. The smallest absolute Gasteiger partial charge is 0.133 e. The fourth-order valence-electron chi connectivity index (χ4n) is 1.47. The molecule has 1 aromatic carbocycles. The Balaban J connectivity index is 2.23. The number of halogens is 1. The average Bonchev–Trinajstić information content (AvgIpc) is 2.34. The summed E-state index contributed by atoms with van der Waals surface area (Å²) in [5.74, 6) is 2.42. The van der Waals surface area contributed by atoms with Crippen LogP contribution in [0.2, 0.25) is 0 Å². The second kappa shape index (κ2) is 8.38. The van der Waals surface area contributed by atoms with Crippen LogP contribution >= 0.6 is 15.9 Å². The van der Waals surface area contributed by atoms with Gasteiger partial charge < -0.3 is 14.8 Å². The Morgan fingerprint density at radius 2 is 2.06 bits per heavy atom. The average molecular weight is 316 g/mol. The van der Waals surface area contributed by atoms with Crippen LogP contribution in [-0.4, -0.2) is 26.8 Å². The van der Waals surface area contributed by atoms with Crippen LogP contribution in [0.3, 0.4) is 0 Å². The molecule has 0 fully saturated rings. The molecule has 0 spiro atoms. The molecule has 0 bridgehead atoms. The van der Waals surface area contributed by atoms with Crippen molar-refractivity contribution in [2.75, 3.05) is 26.8 Å². The minimum Gasteiger partial charge on any atom is -0.497 e. The van der Waals surface area contributed by atoms with E-state index in [2.05, 4.69) is 35.1 Å². The van der Waals surface area contributed by atoms with Gasteiger partial charge in [0, 0.05) is 6.54 Å². The SMILES string of the molecule is COc1ccc(OCCNCCC(C)C)c(Br)c1. The predicted molar refractivity (Wildman–Crippen MR) is 78.5 cm³/mol. The third-order valence-corrected chi connectivity index (χ3v) is 3.19. The fourth-order valence-corrected chi connectivity index (χ4v) is 1.95. The lowest BCUT2D eigenvalue weighted by molar-refractivity contribution is 0.309. The molecule has 0 aliphatic heterocycles. The van der Waals surface area contributed by atoms with Crippen LogP contribution in [-0.2, 0) is 0 Å². The summed E-state index contributed by atoms with van der Waals surface area (Å²) in [4.78, 5) is 0. The molecule has 0 aliphatic carbocycles. The number of hydrogen-bond donors (Lipinski definition) is 1. The van der Waals surface area contributed by atoms with Crippen molar-refractivity contribution in [3.63, 3.8) is 0 Å². The Morgan fingerprint density at radius 3 is 2.67 bits per heavy atom. The monoisotopic (exact) mass is 315 g/mol. The third kappa shape index (κ3) is 5.74. The largest absolute Gasteiger partial charge is 0.497 e. The zero-order valence-corrected chi connectivity index (χ0v) is 12.9. The van der Waals surface area contributed by atoms with Gasteiger partial charge in [0.05, 0.1) is 11.6 Å². The summed E-state index contributed by atoms with van der Waals surface area (Å²) >= 11 is 3.46. The first kappa shape index (κ1) is 15.3. The maximum atomic E-state index is 5.68. The maximum Gasteiger partial charge on any atom is 0.133 e. The molecule has 18 heavy (non-hydrogen) atoms. The molecule has 0 radical (unpaired) electrons. The Kier molecular flexibility index (Phi) is 7.13. The van der Waals surface area contributed by atoms with Gasteiger partial charge in [-0.2, -0.15) is 0 Å². The number of ether oxygens (including phenoxy) is 2. The Bertz CT molecular complexity index is 356. The third-order valence-electron chi connectivity index (χ3n) is 2.57. The van der Waals surface area contributed by atoms with Crippen molar-refractivity contribution in [1.82, 2.24) is 5.32 Å². The zero-order chi connectivity index (χ0) is 13.4. The molecule has 0 saturated heterocycles. The number of benzene rings is 1. The van der Waals surface area contributed by atoms with Gasteiger partial charge in [-0.25, -0.2) is 0 Å². The van der Waals surface area contributed by atoms with Gasteiger partial charge in [0.25, 0.3) is 0 Å². The molecule has 0 aliphatic rings. The molecule has 0 heterocycles. The van der Waals surface area contributed by atoms with Crippen molar-refractivity contribution in [2.24, 2.45) is 5.92 Å². The summed E-state index contributed by atoms with van der Waals surface area (Å²) in [7, 11) is 1.65. The molecule has 1 rings (SSSR count). The summed E-state index contributed by atoms with van der Waals surface area (Å²) < 4.78 is 11.7. The van der Waals surface area contributed by atoms with Crippen LogP contribution in [0, 0.1) is 5.92 Å². The lowest BCUT2D eigenvalue weighted by Gasteiger charge is -2.10. The van der Waals surface area contributed by atoms with Gasteiger partial charge in [0.1, 0.15) is 18.1 Å². The Hall–Kier alpha value is -0.740. The molecule has 0 saturated carbocycles. The van der Waals surface area contributed by atoms with E-state index in [1.165, 1.54) is 6.42 Å². The molecular weight excluding hydrogens is 294 g/mol. The summed E-state index contributed by atoms with van der Waals surface area (Å²) in [5, 5.41) is 3.36. The van der Waals surface area contributed by atoms with E-state index in [9.17, 15) is 0 Å². The van der Waals surface area contributed by atoms with Crippen LogP contribution in [0.1, 0.15) is 20.3 Å². The van der Waals surface area contributed by atoms with Crippen molar-refractivity contribution >= 4 is 15.9 Å². The van der Waals surface area contributed by atoms with E-state index in [0.29, 0.717) is 6.61 Å². The lowest BCUT2D eigenvalue weighted by atomic mass is 10.1. The van der Waals surface area contributed by atoms with Gasteiger partial charge in [-0.1, -0.05) is 13.8 Å². The lowest BCUT2D eigenvalue weighted by Crippen LogP contribution is -2.23. The van der Waals surface area contributed by atoms with Crippen molar-refractivity contribution < 1.29 is 9.47 Å². The first-order valence-electron chi connectivity index (χ1n) is 6.30. The highest BCUT2D eigenvalue weighted by molar-refractivity contribution is 9.10. The molecule has 3 nitrogen and oxygen atoms in total. The van der Waals surface area contributed by atoms with Gasteiger partial charge in [0.15, 0.2) is 0 Å². The molecule has 0 atom stereocenters. The topological polar surface area (TPSA) is 30.5 Å². The standard InChI is InChI=1S/C14H22BrNO2/c1-11(2)6-7-16-8-9-18-14-5-4-12(17-3)10-13(14)15/h4-5,10-11,16H,6-9H2,1-3H3. The van der Waals surface area contributed by atoms with Gasteiger partial charge in [-0.15, -0.1) is 0 Å². The van der Waals surface area contributed by atoms with Crippen LogP contribution < -0.4 is 14.8 Å². The van der Waals surface area contributed by atoms with E-state index in [0.717, 1.165) is 35.0 Å². The molecule has 0 aromatic heterocycles. The number of rotatable bonds is 8. The van der Waals surface area contributed by atoms with Crippen LogP contribution in [0.25, 0.3) is 0 Å². The second-order valence-corrected chi connectivity index (χ2v) is 5.43. The first-order valence-corrected chi connectivity index (χ1v) is 7.10. The van der Waals surface area contributed by atoms with E-state index in [-0.39, 0.29) is 0 Å². The van der Waals surface area contributed by atoms with Crippen LogP contribution in [0.5, 0.6) is 11.5 Å². The molecule has 1 aromatic rings. The van der Waals surface area contributed by atoms with Crippen molar-refractivity contribution in [3.05, 3.63) is 22.7 Å². The highest BCUT2D eigenvalue weighted by Gasteiger charge is 2.02. The number of nitrogens with one attached hydrogen (secondary N) is 1. The van der Waals surface area contributed by atoms with E-state index < -0.39 is 0 Å². The quantitative estimate of drug-likeness (QED) is 0.745. The predicted octanol–water partition coefficient (Wildman–Crippen LogP) is 3.47. The van der Waals surface area contributed by atoms with Crippen LogP contribution in [0.15, 0.2) is 22.7 Å². The summed E-state index contributed by atoms with van der Waals surface area (Å²) in [6, 6.07) is 5.71. The van der Waals surface area contributed by atoms with Gasteiger partial charge >= 0.3 is 0 Å². The molecule has 0 unspecified atom stereocenters. The summed E-state index contributed by atoms with van der Waals surface area (Å²) in [5.41, 5.74) is 0. The summed E-state index contributed by atoms with van der Waals surface area (Å²) in [6.45, 7) is 7.04. The summed E-state index contributed by atoms with van der Waals surface area (Å²) in [6.07, 6.45) is 1.20. The van der Waals surface area contributed by atoms with E-state index >= 15 is 0 Å². The van der Waals surface area contributed by atoms with Crippen molar-refractivity contribution in [1.29, 1.82) is 0 Å². The van der Waals surface area contributed by atoms with Gasteiger partial charge in [-0.3, -0.25) is 0 Å². The van der Waals surface area contributed by atoms with E-state index in [4.69, 9.17) is 9.47 Å². The molecular formula is C14H22BrNO2. The van der Waals surface area contributed by atoms with Crippen molar-refractivity contribution in [2.45, 2.75) is 20.3 Å². The van der Waals surface area contributed by atoms with E-state index in [1.807, 2.05) is 18.2 Å². The highest BCUT2D eigenvalue weighted by Crippen LogP contribution is 2.28. The van der Waals surface area contributed by atoms with Crippen molar-refractivity contribution in [3.8, 4) is 11.5 Å². The van der Waals surface area contributed by atoms with E-state index in [1.54, 1.807) is 7.11 Å². The number of hydrogen-bond acceptors (Lipinski definition) is 3. The molecule has 0 amide bonds. The minimum absolute atomic E-state index is 0.670. The normalized spacial score (nSPS) is 10.7. The molecule has 4 heteroatoms. The first-order chi connectivity index (χ1) is 8.63. The maximum absolute atomic E-state index is 5.68.